The van der Waals surface area contributed by atoms with E-state index in [1.165, 1.54) is 0 Å². The first-order valence-corrected chi connectivity index (χ1v) is 7.82. The van der Waals surface area contributed by atoms with E-state index in [0.717, 1.165) is 35.8 Å². The second kappa shape index (κ2) is 7.43. The standard InChI is InChI=1S/C15H28ClN3O/c1-7-11-14(16)12(19(6)18-11)10-13(17-8-2)15(4,5)20-9-3/h13,17H,7-10H2,1-6H3. The van der Waals surface area contributed by atoms with Crippen LogP contribution in [0, 0.1) is 0 Å². The summed E-state index contributed by atoms with van der Waals surface area (Å²) in [4.78, 5) is 0. The van der Waals surface area contributed by atoms with Crippen LogP contribution in [-0.4, -0.2) is 34.6 Å². The third-order valence-corrected chi connectivity index (χ3v) is 4.14. The number of likely N-dealkylation sites (N-methyl/N-ethyl adjacent to an activating group) is 1. The monoisotopic (exact) mass is 301 g/mol. The largest absolute Gasteiger partial charge is 0.374 e. The van der Waals surface area contributed by atoms with Gasteiger partial charge in [0.15, 0.2) is 0 Å². The normalized spacial score (nSPS) is 13.8. The Morgan fingerprint density at radius 3 is 2.45 bits per heavy atom. The Bertz CT molecular complexity index is 429. The van der Waals surface area contributed by atoms with Crippen LogP contribution >= 0.6 is 11.6 Å². The van der Waals surface area contributed by atoms with Gasteiger partial charge in [-0.2, -0.15) is 5.10 Å². The summed E-state index contributed by atoms with van der Waals surface area (Å²) in [5.74, 6) is 0. The van der Waals surface area contributed by atoms with Crippen molar-refractivity contribution < 1.29 is 4.74 Å². The third-order valence-electron chi connectivity index (χ3n) is 3.71. The maximum atomic E-state index is 6.45. The van der Waals surface area contributed by atoms with Crippen molar-refractivity contribution in [3.8, 4) is 0 Å². The maximum Gasteiger partial charge on any atom is 0.0850 e. The number of nitrogens with one attached hydrogen (secondary N) is 1. The molecule has 0 amide bonds. The van der Waals surface area contributed by atoms with Crippen LogP contribution < -0.4 is 5.32 Å². The van der Waals surface area contributed by atoms with Gasteiger partial charge in [0.1, 0.15) is 0 Å². The van der Waals surface area contributed by atoms with Crippen molar-refractivity contribution in [1.82, 2.24) is 15.1 Å². The van der Waals surface area contributed by atoms with Crippen LogP contribution in [0.15, 0.2) is 0 Å². The highest BCUT2D eigenvalue weighted by molar-refractivity contribution is 6.31. The molecule has 0 aliphatic heterocycles. The molecule has 116 valence electrons. The second-order valence-electron chi connectivity index (χ2n) is 5.54. The fourth-order valence-corrected chi connectivity index (χ4v) is 2.89. The smallest absolute Gasteiger partial charge is 0.0850 e. The van der Waals surface area contributed by atoms with Crippen molar-refractivity contribution in [2.24, 2.45) is 7.05 Å². The average Bonchev–Trinajstić information content (AvgIpc) is 2.65. The van der Waals surface area contributed by atoms with Gasteiger partial charge in [0.05, 0.1) is 22.0 Å². The van der Waals surface area contributed by atoms with E-state index in [9.17, 15) is 0 Å². The second-order valence-corrected chi connectivity index (χ2v) is 5.91. The highest BCUT2D eigenvalue weighted by atomic mass is 35.5. The highest BCUT2D eigenvalue weighted by Gasteiger charge is 2.31. The van der Waals surface area contributed by atoms with E-state index in [0.29, 0.717) is 6.61 Å². The van der Waals surface area contributed by atoms with Gasteiger partial charge < -0.3 is 10.1 Å². The maximum absolute atomic E-state index is 6.45. The number of aromatic nitrogens is 2. The summed E-state index contributed by atoms with van der Waals surface area (Å²) in [5, 5.41) is 8.80. The molecular weight excluding hydrogens is 274 g/mol. The molecular formula is C15H28ClN3O. The van der Waals surface area contributed by atoms with Crippen LogP contribution in [-0.2, 0) is 24.6 Å². The lowest BCUT2D eigenvalue weighted by molar-refractivity contribution is -0.0380. The summed E-state index contributed by atoms with van der Waals surface area (Å²) in [6.07, 6.45) is 1.66. The molecule has 0 aromatic carbocycles. The van der Waals surface area contributed by atoms with Gasteiger partial charge in [-0.1, -0.05) is 25.4 Å². The number of halogens is 1. The quantitative estimate of drug-likeness (QED) is 0.802. The lowest BCUT2D eigenvalue weighted by Gasteiger charge is -2.35. The van der Waals surface area contributed by atoms with E-state index < -0.39 is 0 Å². The molecule has 0 bridgehead atoms. The van der Waals surface area contributed by atoms with Gasteiger partial charge in [0.2, 0.25) is 0 Å². The Morgan fingerprint density at radius 2 is 2.00 bits per heavy atom. The molecule has 1 rings (SSSR count). The van der Waals surface area contributed by atoms with Crippen LogP contribution in [0.3, 0.4) is 0 Å². The Hall–Kier alpha value is -0.580. The van der Waals surface area contributed by atoms with Gasteiger partial charge in [-0.05, 0) is 33.7 Å². The van der Waals surface area contributed by atoms with E-state index >= 15 is 0 Å². The number of hydrogen-bond donors (Lipinski definition) is 1. The number of rotatable bonds is 8. The average molecular weight is 302 g/mol. The molecule has 0 saturated heterocycles. The van der Waals surface area contributed by atoms with Gasteiger partial charge in [0, 0.05) is 26.1 Å². The summed E-state index contributed by atoms with van der Waals surface area (Å²) in [5.41, 5.74) is 1.79. The lowest BCUT2D eigenvalue weighted by atomic mass is 9.93. The Balaban J connectivity index is 2.99. The molecule has 0 aliphatic carbocycles. The summed E-state index contributed by atoms with van der Waals surface area (Å²) in [7, 11) is 1.96. The van der Waals surface area contributed by atoms with E-state index in [1.807, 2.05) is 18.7 Å². The Morgan fingerprint density at radius 1 is 1.35 bits per heavy atom. The zero-order valence-electron chi connectivity index (χ0n) is 13.6. The molecule has 1 N–H and O–H groups in total. The van der Waals surface area contributed by atoms with Crippen LogP contribution in [0.5, 0.6) is 0 Å². The molecule has 1 aromatic heterocycles. The van der Waals surface area contributed by atoms with Crippen molar-refractivity contribution in [1.29, 1.82) is 0 Å². The zero-order valence-corrected chi connectivity index (χ0v) is 14.3. The van der Waals surface area contributed by atoms with Crippen molar-refractivity contribution in [3.05, 3.63) is 16.4 Å². The number of aryl methyl sites for hydroxylation is 2. The molecule has 0 aliphatic rings. The molecule has 1 unspecified atom stereocenters. The van der Waals surface area contributed by atoms with Crippen LogP contribution in [0.1, 0.15) is 46.0 Å². The SMILES string of the molecule is CCNC(Cc1c(Cl)c(CC)nn1C)C(C)(C)OCC. The van der Waals surface area contributed by atoms with Gasteiger partial charge in [-0.15, -0.1) is 0 Å². The van der Waals surface area contributed by atoms with Gasteiger partial charge in [-0.25, -0.2) is 0 Å². The summed E-state index contributed by atoms with van der Waals surface area (Å²) >= 11 is 6.45. The summed E-state index contributed by atoms with van der Waals surface area (Å²) in [6, 6.07) is 0.199. The highest BCUT2D eigenvalue weighted by Crippen LogP contribution is 2.25. The predicted octanol–water partition coefficient (Wildman–Crippen LogP) is 2.97. The first-order chi connectivity index (χ1) is 9.37. The topological polar surface area (TPSA) is 39.1 Å². The molecule has 0 radical (unpaired) electrons. The first-order valence-electron chi connectivity index (χ1n) is 7.44. The van der Waals surface area contributed by atoms with E-state index in [-0.39, 0.29) is 11.6 Å². The van der Waals surface area contributed by atoms with Gasteiger partial charge >= 0.3 is 0 Å². The molecule has 20 heavy (non-hydrogen) atoms. The molecule has 0 fully saturated rings. The van der Waals surface area contributed by atoms with Gasteiger partial charge in [0.25, 0.3) is 0 Å². The van der Waals surface area contributed by atoms with E-state index in [4.69, 9.17) is 16.3 Å². The van der Waals surface area contributed by atoms with Crippen molar-refractivity contribution in [2.75, 3.05) is 13.2 Å². The summed E-state index contributed by atoms with van der Waals surface area (Å²) < 4.78 is 7.79. The number of ether oxygens (including phenoxy) is 1. The fourth-order valence-electron chi connectivity index (χ4n) is 2.52. The molecule has 1 atom stereocenters. The van der Waals surface area contributed by atoms with Crippen LogP contribution in [0.4, 0.5) is 0 Å². The number of hydrogen-bond acceptors (Lipinski definition) is 3. The first kappa shape index (κ1) is 17.5. The third kappa shape index (κ3) is 3.96. The minimum Gasteiger partial charge on any atom is -0.374 e. The zero-order chi connectivity index (χ0) is 15.3. The van der Waals surface area contributed by atoms with Crippen molar-refractivity contribution >= 4 is 11.6 Å². The number of nitrogens with zero attached hydrogens (tertiary/aromatic N) is 2. The van der Waals surface area contributed by atoms with Crippen LogP contribution in [0.2, 0.25) is 5.02 Å². The molecule has 5 heteroatoms. The molecule has 4 nitrogen and oxygen atoms in total. The predicted molar refractivity (Wildman–Crippen MR) is 84.5 cm³/mol. The van der Waals surface area contributed by atoms with Crippen molar-refractivity contribution in [2.45, 2.75) is 59.1 Å². The summed E-state index contributed by atoms with van der Waals surface area (Å²) in [6.45, 7) is 12.0. The molecule has 1 heterocycles. The molecule has 0 saturated carbocycles. The molecule has 1 aromatic rings. The fraction of sp³-hybridized carbons (Fsp3) is 0.800. The minimum absolute atomic E-state index is 0.199. The Kier molecular flexibility index (Phi) is 6.49. The Labute approximate surface area is 127 Å². The molecule has 0 spiro atoms. The van der Waals surface area contributed by atoms with Gasteiger partial charge in [-0.3, -0.25) is 4.68 Å². The minimum atomic E-state index is -0.245. The van der Waals surface area contributed by atoms with E-state index in [1.54, 1.807) is 0 Å². The lowest BCUT2D eigenvalue weighted by Crippen LogP contribution is -2.50. The van der Waals surface area contributed by atoms with E-state index in [2.05, 4.69) is 38.1 Å². The van der Waals surface area contributed by atoms with Crippen LogP contribution in [0.25, 0.3) is 0 Å². The van der Waals surface area contributed by atoms with Crippen molar-refractivity contribution in [3.63, 3.8) is 0 Å².